The molecule has 0 aliphatic carbocycles. The molecule has 0 N–H and O–H groups in total. The predicted octanol–water partition coefficient (Wildman–Crippen LogP) is 3.33. The minimum Gasteiger partial charge on any atom is -0.339 e. The molecule has 0 aromatic heterocycles. The zero-order valence-corrected chi connectivity index (χ0v) is 11.1. The highest BCUT2D eigenvalue weighted by Gasteiger charge is 2.29. The van der Waals surface area contributed by atoms with E-state index in [4.69, 9.17) is 0 Å². The van der Waals surface area contributed by atoms with Crippen LogP contribution in [0, 0.1) is 5.92 Å². The molecule has 0 atom stereocenters. The van der Waals surface area contributed by atoms with Crippen LogP contribution in [0.2, 0.25) is 6.32 Å². The zero-order valence-electron chi connectivity index (χ0n) is 11.1. The summed E-state index contributed by atoms with van der Waals surface area (Å²) in [5.74, 6) is 0.850. The van der Waals surface area contributed by atoms with E-state index in [9.17, 15) is 4.79 Å². The van der Waals surface area contributed by atoms with Gasteiger partial charge in [0.25, 0.3) is 0 Å². The van der Waals surface area contributed by atoms with Gasteiger partial charge in [0.15, 0.2) is 0 Å². The Kier molecular flexibility index (Phi) is 4.51. The molecule has 88 valence electrons. The van der Waals surface area contributed by atoms with Gasteiger partial charge in [-0.2, -0.15) is 0 Å². The van der Waals surface area contributed by atoms with Crippen molar-refractivity contribution >= 4 is 18.3 Å². The van der Waals surface area contributed by atoms with Crippen LogP contribution >= 0.6 is 0 Å². The van der Waals surface area contributed by atoms with Gasteiger partial charge >= 0.3 is 6.85 Å². The van der Waals surface area contributed by atoms with Gasteiger partial charge in [-0.25, -0.2) is 0 Å². The monoisotopic (exact) mass is 219 g/mol. The molecule has 0 spiro atoms. The van der Waals surface area contributed by atoms with Crippen molar-refractivity contribution < 1.29 is 4.79 Å². The minimum absolute atomic E-state index is 0.122. The molecule has 0 aromatic carbocycles. The second kappa shape index (κ2) is 5.47. The molecule has 0 radical (unpaired) electrons. The van der Waals surface area contributed by atoms with Crippen LogP contribution in [0.25, 0.3) is 0 Å². The first kappa shape index (κ1) is 13.2. The highest BCUT2D eigenvalue weighted by Crippen LogP contribution is 2.27. The summed E-state index contributed by atoms with van der Waals surface area (Å²) >= 11 is 0. The van der Waals surface area contributed by atoms with Crippen molar-refractivity contribution in [3.63, 3.8) is 0 Å². The molecule has 3 heteroatoms. The lowest BCUT2D eigenvalue weighted by Crippen LogP contribution is -2.15. The molecule has 0 saturated carbocycles. The molecular weight excluding hydrogens is 197 g/mol. The Balaban J connectivity index is 2.76. The Morgan fingerprint density at radius 3 is 2.44 bits per heavy atom. The number of Topliss-reactive ketones (excluding diaryl/α,β-unsaturated/α-hetero) is 1. The SMILES string of the molecule is CCCC(=O)CB1N=C(C)C(C(C)C)=C1C. The van der Waals surface area contributed by atoms with Gasteiger partial charge in [-0.3, -0.25) is 0 Å². The van der Waals surface area contributed by atoms with Crippen LogP contribution in [-0.2, 0) is 4.79 Å². The minimum atomic E-state index is 0.122. The third-order valence-corrected chi connectivity index (χ3v) is 3.19. The van der Waals surface area contributed by atoms with Crippen LogP contribution in [0.3, 0.4) is 0 Å². The summed E-state index contributed by atoms with van der Waals surface area (Å²) in [5.41, 5.74) is 3.79. The fraction of sp³-hybridized carbons (Fsp3) is 0.692. The Bertz CT molecular complexity index is 342. The molecule has 1 aliphatic rings. The number of hydrogen-bond donors (Lipinski definition) is 0. The van der Waals surface area contributed by atoms with Crippen LogP contribution in [0.5, 0.6) is 0 Å². The number of hydrogen-bond acceptors (Lipinski definition) is 2. The quantitative estimate of drug-likeness (QED) is 0.652. The van der Waals surface area contributed by atoms with E-state index in [0.717, 1.165) is 12.1 Å². The van der Waals surface area contributed by atoms with E-state index in [1.54, 1.807) is 0 Å². The summed E-state index contributed by atoms with van der Waals surface area (Å²) in [7, 11) is 0. The fourth-order valence-electron chi connectivity index (χ4n) is 2.53. The van der Waals surface area contributed by atoms with Gasteiger partial charge in [-0.15, -0.1) is 0 Å². The molecule has 0 saturated heterocycles. The van der Waals surface area contributed by atoms with Crippen LogP contribution in [-0.4, -0.2) is 18.3 Å². The van der Waals surface area contributed by atoms with Crippen molar-refractivity contribution in [2.45, 2.75) is 53.8 Å². The molecule has 0 aromatic rings. The summed E-state index contributed by atoms with van der Waals surface area (Å²) in [6.07, 6.45) is 2.22. The Labute approximate surface area is 99.3 Å². The second-order valence-electron chi connectivity index (χ2n) is 4.97. The van der Waals surface area contributed by atoms with Crippen molar-refractivity contribution in [3.8, 4) is 0 Å². The maximum Gasteiger partial charge on any atom is 0.315 e. The number of rotatable bonds is 5. The third kappa shape index (κ3) is 2.84. The number of ketones is 1. The average molecular weight is 219 g/mol. The normalized spacial score (nSPS) is 16.1. The van der Waals surface area contributed by atoms with Crippen molar-refractivity contribution in [1.29, 1.82) is 0 Å². The van der Waals surface area contributed by atoms with E-state index < -0.39 is 0 Å². The highest BCUT2D eigenvalue weighted by molar-refractivity contribution is 6.72. The van der Waals surface area contributed by atoms with Gasteiger partial charge in [0, 0.05) is 18.5 Å². The van der Waals surface area contributed by atoms with Gasteiger partial charge in [0.2, 0.25) is 0 Å². The first-order valence-electron chi connectivity index (χ1n) is 6.24. The summed E-state index contributed by atoms with van der Waals surface area (Å²) in [4.78, 5) is 16.3. The first-order valence-corrected chi connectivity index (χ1v) is 6.24. The van der Waals surface area contributed by atoms with Gasteiger partial charge in [0.05, 0.1) is 0 Å². The van der Waals surface area contributed by atoms with Crippen LogP contribution in [0.1, 0.15) is 47.5 Å². The Morgan fingerprint density at radius 2 is 2.00 bits per heavy atom. The number of nitrogens with zero attached hydrogens (tertiary/aromatic N) is 1. The smallest absolute Gasteiger partial charge is 0.315 e. The first-order chi connectivity index (χ1) is 7.47. The van der Waals surface area contributed by atoms with Crippen LogP contribution < -0.4 is 0 Å². The molecular formula is C13H22BNO. The van der Waals surface area contributed by atoms with E-state index in [1.165, 1.54) is 11.0 Å². The Morgan fingerprint density at radius 1 is 1.38 bits per heavy atom. The maximum absolute atomic E-state index is 11.6. The number of carbonyl (C=O) groups is 1. The Hall–Kier alpha value is -0.855. The molecule has 1 rings (SSSR count). The molecule has 0 bridgehead atoms. The van der Waals surface area contributed by atoms with Crippen molar-refractivity contribution in [2.75, 3.05) is 0 Å². The maximum atomic E-state index is 11.6. The summed E-state index contributed by atoms with van der Waals surface area (Å²) in [5, 5.41) is 0. The van der Waals surface area contributed by atoms with Gasteiger partial charge in [-0.05, 0) is 31.8 Å². The van der Waals surface area contributed by atoms with Crippen LogP contribution in [0.4, 0.5) is 0 Å². The van der Waals surface area contributed by atoms with Crippen LogP contribution in [0.15, 0.2) is 15.9 Å². The summed E-state index contributed by atoms with van der Waals surface area (Å²) in [6.45, 7) is 10.7. The van der Waals surface area contributed by atoms with Gasteiger partial charge in [-0.1, -0.05) is 26.2 Å². The molecule has 16 heavy (non-hydrogen) atoms. The van der Waals surface area contributed by atoms with E-state index in [0.29, 0.717) is 24.4 Å². The third-order valence-electron chi connectivity index (χ3n) is 3.19. The molecule has 1 aliphatic heterocycles. The van der Waals surface area contributed by atoms with E-state index in [1.807, 2.05) is 6.92 Å². The largest absolute Gasteiger partial charge is 0.339 e. The van der Waals surface area contributed by atoms with Crippen molar-refractivity contribution in [3.05, 3.63) is 11.0 Å². The topological polar surface area (TPSA) is 29.4 Å². The zero-order chi connectivity index (χ0) is 12.3. The lowest BCUT2D eigenvalue weighted by Gasteiger charge is -2.10. The summed E-state index contributed by atoms with van der Waals surface area (Å²) < 4.78 is 0. The molecule has 0 unspecified atom stereocenters. The fourth-order valence-corrected chi connectivity index (χ4v) is 2.53. The summed E-state index contributed by atoms with van der Waals surface area (Å²) in [6, 6.07) is 0. The average Bonchev–Trinajstić information content (AvgIpc) is 2.42. The van der Waals surface area contributed by atoms with Crippen molar-refractivity contribution in [2.24, 2.45) is 10.8 Å². The number of carbonyl (C=O) groups excluding carboxylic acids is 1. The molecule has 0 fully saturated rings. The predicted molar refractivity (Wildman–Crippen MR) is 71.1 cm³/mol. The second-order valence-corrected chi connectivity index (χ2v) is 4.97. The van der Waals surface area contributed by atoms with Crippen molar-refractivity contribution in [1.82, 2.24) is 0 Å². The van der Waals surface area contributed by atoms with E-state index in [-0.39, 0.29) is 6.85 Å². The lowest BCUT2D eigenvalue weighted by atomic mass is 9.53. The van der Waals surface area contributed by atoms with E-state index >= 15 is 0 Å². The molecule has 1 heterocycles. The highest BCUT2D eigenvalue weighted by atomic mass is 16.1. The van der Waals surface area contributed by atoms with Gasteiger partial charge < -0.3 is 9.70 Å². The molecule has 0 amide bonds. The lowest BCUT2D eigenvalue weighted by molar-refractivity contribution is -0.117. The molecule has 2 nitrogen and oxygen atoms in total. The number of allylic oxidation sites excluding steroid dienone is 2. The van der Waals surface area contributed by atoms with Gasteiger partial charge in [0.1, 0.15) is 5.78 Å². The van der Waals surface area contributed by atoms with E-state index in [2.05, 4.69) is 32.6 Å². The standard InChI is InChI=1S/C13H22BNO/c1-6-7-12(16)8-14-10(4)13(9(2)3)11(5)15-14/h9H,6-8H2,1-5H3.